The summed E-state index contributed by atoms with van der Waals surface area (Å²) < 4.78 is 1.88. The van der Waals surface area contributed by atoms with Crippen molar-refractivity contribution in [3.05, 3.63) is 71.5 Å². The molecule has 7 heteroatoms. The zero-order valence-electron chi connectivity index (χ0n) is 12.8. The van der Waals surface area contributed by atoms with Crippen molar-refractivity contribution < 1.29 is 4.79 Å². The van der Waals surface area contributed by atoms with Crippen molar-refractivity contribution in [2.24, 2.45) is 0 Å². The van der Waals surface area contributed by atoms with Crippen LogP contribution in [0.3, 0.4) is 0 Å². The third-order valence-electron chi connectivity index (χ3n) is 3.34. The molecule has 0 bridgehead atoms. The van der Waals surface area contributed by atoms with Gasteiger partial charge in [-0.05, 0) is 48.5 Å². The Hall–Kier alpha value is -2.86. The molecule has 0 atom stereocenters. The average molecular weight is 342 g/mol. The van der Waals surface area contributed by atoms with E-state index < -0.39 is 0 Å². The number of nitrogens with zero attached hydrogens (tertiary/aromatic N) is 3. The van der Waals surface area contributed by atoms with Crippen LogP contribution in [0.2, 0.25) is 5.02 Å². The van der Waals surface area contributed by atoms with E-state index >= 15 is 0 Å². The Bertz CT molecular complexity index is 785. The van der Waals surface area contributed by atoms with Gasteiger partial charge in [-0.25, -0.2) is 0 Å². The first-order valence-electron chi connectivity index (χ1n) is 7.47. The van der Waals surface area contributed by atoms with Crippen LogP contribution in [0.25, 0.3) is 5.82 Å². The fourth-order valence-corrected chi connectivity index (χ4v) is 2.24. The van der Waals surface area contributed by atoms with Crippen molar-refractivity contribution >= 4 is 23.3 Å². The van der Waals surface area contributed by atoms with Crippen molar-refractivity contribution in [1.82, 2.24) is 20.1 Å². The van der Waals surface area contributed by atoms with Crippen LogP contribution in [0.5, 0.6) is 0 Å². The van der Waals surface area contributed by atoms with Gasteiger partial charge in [0.2, 0.25) is 0 Å². The molecule has 0 aliphatic heterocycles. The molecule has 0 radical (unpaired) electrons. The van der Waals surface area contributed by atoms with Gasteiger partial charge in [-0.3, -0.25) is 4.79 Å². The van der Waals surface area contributed by atoms with Gasteiger partial charge in [-0.2, -0.15) is 0 Å². The second kappa shape index (κ2) is 7.61. The molecular formula is C17H16ClN5O. The molecule has 1 amide bonds. The number of halogens is 1. The van der Waals surface area contributed by atoms with E-state index in [1.807, 2.05) is 41.2 Å². The zero-order valence-corrected chi connectivity index (χ0v) is 13.6. The molecule has 122 valence electrons. The number of hydrogen-bond acceptors (Lipinski definition) is 4. The predicted molar refractivity (Wildman–Crippen MR) is 93.6 cm³/mol. The van der Waals surface area contributed by atoms with Crippen molar-refractivity contribution in [3.8, 4) is 5.82 Å². The summed E-state index contributed by atoms with van der Waals surface area (Å²) in [4.78, 5) is 11.9. The van der Waals surface area contributed by atoms with Gasteiger partial charge < -0.3 is 15.2 Å². The molecule has 0 aliphatic carbocycles. The second-order valence-electron chi connectivity index (χ2n) is 5.06. The molecule has 0 fully saturated rings. The van der Waals surface area contributed by atoms with Gasteiger partial charge in [0.25, 0.3) is 5.91 Å². The number of nitrogens with one attached hydrogen (secondary N) is 2. The van der Waals surface area contributed by atoms with Gasteiger partial charge in [0.1, 0.15) is 5.82 Å². The summed E-state index contributed by atoms with van der Waals surface area (Å²) in [5.74, 6) is 1.27. The second-order valence-corrected chi connectivity index (χ2v) is 5.49. The number of carbonyl (C=O) groups is 1. The molecule has 2 N–H and O–H groups in total. The van der Waals surface area contributed by atoms with Crippen LogP contribution < -0.4 is 10.6 Å². The normalized spacial score (nSPS) is 10.4. The SMILES string of the molecule is O=C(NCCNc1ccc(-n2cccc2)nn1)c1ccc(Cl)cc1. The Morgan fingerprint density at radius 2 is 1.75 bits per heavy atom. The van der Waals surface area contributed by atoms with Gasteiger partial charge in [-0.1, -0.05) is 11.6 Å². The summed E-state index contributed by atoms with van der Waals surface area (Å²) in [6, 6.07) is 14.3. The van der Waals surface area contributed by atoms with E-state index in [0.29, 0.717) is 29.5 Å². The van der Waals surface area contributed by atoms with Gasteiger partial charge >= 0.3 is 0 Å². The van der Waals surface area contributed by atoms with Gasteiger partial charge in [0.05, 0.1) is 0 Å². The summed E-state index contributed by atoms with van der Waals surface area (Å²) in [5.41, 5.74) is 0.579. The fraction of sp³-hybridized carbons (Fsp3) is 0.118. The Labute approximate surface area is 144 Å². The highest BCUT2D eigenvalue weighted by molar-refractivity contribution is 6.30. The molecule has 24 heavy (non-hydrogen) atoms. The average Bonchev–Trinajstić information content (AvgIpc) is 3.14. The van der Waals surface area contributed by atoms with Crippen molar-refractivity contribution in [2.75, 3.05) is 18.4 Å². The molecule has 3 rings (SSSR count). The fourth-order valence-electron chi connectivity index (χ4n) is 2.11. The van der Waals surface area contributed by atoms with Crippen molar-refractivity contribution in [3.63, 3.8) is 0 Å². The molecule has 6 nitrogen and oxygen atoms in total. The first-order valence-corrected chi connectivity index (χ1v) is 7.85. The lowest BCUT2D eigenvalue weighted by atomic mass is 10.2. The Kier molecular flexibility index (Phi) is 5.08. The predicted octanol–water partition coefficient (Wildman–Crippen LogP) is 2.76. The molecule has 0 spiro atoms. The van der Waals surface area contributed by atoms with Crippen molar-refractivity contribution in [2.45, 2.75) is 0 Å². The van der Waals surface area contributed by atoms with E-state index in [9.17, 15) is 4.79 Å². The van der Waals surface area contributed by atoms with Crippen LogP contribution in [0.1, 0.15) is 10.4 Å². The minimum Gasteiger partial charge on any atom is -0.367 e. The summed E-state index contributed by atoms with van der Waals surface area (Å²) in [7, 11) is 0. The van der Waals surface area contributed by atoms with Gasteiger partial charge in [-0.15, -0.1) is 10.2 Å². The molecule has 0 unspecified atom stereocenters. The molecule has 3 aromatic rings. The monoisotopic (exact) mass is 341 g/mol. The minimum absolute atomic E-state index is 0.137. The maximum Gasteiger partial charge on any atom is 0.251 e. The van der Waals surface area contributed by atoms with Crippen LogP contribution in [-0.4, -0.2) is 33.8 Å². The highest BCUT2D eigenvalue weighted by atomic mass is 35.5. The summed E-state index contributed by atoms with van der Waals surface area (Å²) in [5, 5.41) is 14.8. The van der Waals surface area contributed by atoms with E-state index in [2.05, 4.69) is 20.8 Å². The standard InChI is InChI=1S/C17H16ClN5O/c18-14-5-3-13(4-6-14)17(24)20-10-9-19-15-7-8-16(22-21-15)23-11-1-2-12-23/h1-8,11-12H,9-10H2,(H,19,21)(H,20,24). The van der Waals surface area contributed by atoms with E-state index in [1.54, 1.807) is 24.3 Å². The zero-order chi connectivity index (χ0) is 16.8. The quantitative estimate of drug-likeness (QED) is 0.676. The lowest BCUT2D eigenvalue weighted by Crippen LogP contribution is -2.28. The number of rotatable bonds is 6. The summed E-state index contributed by atoms with van der Waals surface area (Å²) >= 11 is 5.80. The lowest BCUT2D eigenvalue weighted by Gasteiger charge is -2.08. The maximum absolute atomic E-state index is 11.9. The first-order chi connectivity index (χ1) is 11.7. The third kappa shape index (κ3) is 4.11. The van der Waals surface area contributed by atoms with Crippen LogP contribution in [0.4, 0.5) is 5.82 Å². The van der Waals surface area contributed by atoms with Gasteiger partial charge in [0.15, 0.2) is 5.82 Å². The van der Waals surface area contributed by atoms with Crippen LogP contribution >= 0.6 is 11.6 Å². The van der Waals surface area contributed by atoms with Crippen LogP contribution in [-0.2, 0) is 0 Å². The molecule has 2 heterocycles. The van der Waals surface area contributed by atoms with Crippen molar-refractivity contribution in [1.29, 1.82) is 0 Å². The summed E-state index contributed by atoms with van der Waals surface area (Å²) in [6.45, 7) is 1.03. The molecule has 0 saturated heterocycles. The number of benzene rings is 1. The van der Waals surface area contributed by atoms with E-state index in [4.69, 9.17) is 11.6 Å². The summed E-state index contributed by atoms with van der Waals surface area (Å²) in [6.07, 6.45) is 3.81. The van der Waals surface area contributed by atoms with Crippen LogP contribution in [0, 0.1) is 0 Å². The largest absolute Gasteiger partial charge is 0.367 e. The molecule has 1 aromatic carbocycles. The Morgan fingerprint density at radius 1 is 1.00 bits per heavy atom. The number of amides is 1. The molecular weight excluding hydrogens is 326 g/mol. The number of hydrogen-bond donors (Lipinski definition) is 2. The smallest absolute Gasteiger partial charge is 0.251 e. The first kappa shape index (κ1) is 16.0. The highest BCUT2D eigenvalue weighted by Gasteiger charge is 2.04. The topological polar surface area (TPSA) is 71.8 Å². The van der Waals surface area contributed by atoms with E-state index in [-0.39, 0.29) is 5.91 Å². The Balaban J connectivity index is 1.45. The lowest BCUT2D eigenvalue weighted by molar-refractivity contribution is 0.0955. The number of carbonyl (C=O) groups excluding carboxylic acids is 1. The van der Waals surface area contributed by atoms with Crippen LogP contribution in [0.15, 0.2) is 60.9 Å². The minimum atomic E-state index is -0.137. The number of anilines is 1. The van der Waals surface area contributed by atoms with Gasteiger partial charge in [0, 0.05) is 36.1 Å². The maximum atomic E-state index is 11.9. The Morgan fingerprint density at radius 3 is 2.42 bits per heavy atom. The third-order valence-corrected chi connectivity index (χ3v) is 3.59. The number of aromatic nitrogens is 3. The van der Waals surface area contributed by atoms with E-state index in [0.717, 1.165) is 5.82 Å². The highest BCUT2D eigenvalue weighted by Crippen LogP contribution is 2.09. The molecule has 0 saturated carbocycles. The molecule has 0 aliphatic rings. The molecule has 2 aromatic heterocycles. The van der Waals surface area contributed by atoms with E-state index in [1.165, 1.54) is 0 Å².